The summed E-state index contributed by atoms with van der Waals surface area (Å²) in [6.45, 7) is 5.52. The summed E-state index contributed by atoms with van der Waals surface area (Å²) in [5, 5.41) is 3.12. The number of piperidine rings is 1. The second-order valence-corrected chi connectivity index (χ2v) is 7.11. The van der Waals surface area contributed by atoms with Gasteiger partial charge in [0, 0.05) is 13.1 Å². The Kier molecular flexibility index (Phi) is 6.06. The second kappa shape index (κ2) is 6.93. The van der Waals surface area contributed by atoms with Crippen molar-refractivity contribution in [1.82, 2.24) is 9.62 Å². The molecule has 1 N–H and O–H groups in total. The van der Waals surface area contributed by atoms with Crippen LogP contribution in [0.15, 0.2) is 15.4 Å². The van der Waals surface area contributed by atoms with Crippen LogP contribution in [0.25, 0.3) is 0 Å². The SMILES string of the molecule is CNCC1CCCN(S(=O)(=O)c2cc(C)oc2C)C1.Cl. The fraction of sp³-hybridized carbons (Fsp3) is 0.692. The molecule has 2 rings (SSSR count). The molecule has 20 heavy (non-hydrogen) atoms. The Hall–Kier alpha value is -0.560. The molecule has 0 aromatic carbocycles. The molecule has 5 nitrogen and oxygen atoms in total. The van der Waals surface area contributed by atoms with E-state index in [1.54, 1.807) is 24.2 Å². The van der Waals surface area contributed by atoms with Crippen molar-refractivity contribution in [3.63, 3.8) is 0 Å². The zero-order valence-corrected chi connectivity index (χ0v) is 13.8. The van der Waals surface area contributed by atoms with Gasteiger partial charge in [-0.25, -0.2) is 8.42 Å². The highest BCUT2D eigenvalue weighted by atomic mass is 35.5. The predicted octanol–water partition coefficient (Wildman–Crippen LogP) is 1.94. The third-order valence-electron chi connectivity index (χ3n) is 3.59. The second-order valence-electron chi connectivity index (χ2n) is 5.21. The first-order valence-electron chi connectivity index (χ1n) is 6.67. The molecule has 1 aliphatic rings. The highest BCUT2D eigenvalue weighted by Crippen LogP contribution is 2.27. The molecule has 0 radical (unpaired) electrons. The maximum Gasteiger partial charge on any atom is 0.246 e. The van der Waals surface area contributed by atoms with Crippen LogP contribution >= 0.6 is 12.4 Å². The van der Waals surface area contributed by atoms with E-state index in [-0.39, 0.29) is 12.4 Å². The molecule has 1 aromatic heterocycles. The number of hydrogen-bond acceptors (Lipinski definition) is 4. The first-order valence-corrected chi connectivity index (χ1v) is 8.11. The maximum absolute atomic E-state index is 12.6. The largest absolute Gasteiger partial charge is 0.465 e. The summed E-state index contributed by atoms with van der Waals surface area (Å²) in [5.74, 6) is 1.51. The van der Waals surface area contributed by atoms with E-state index in [1.807, 2.05) is 7.05 Å². The van der Waals surface area contributed by atoms with Gasteiger partial charge in [0.2, 0.25) is 10.0 Å². The molecule has 0 saturated carbocycles. The number of nitrogens with one attached hydrogen (secondary N) is 1. The Morgan fingerprint density at radius 1 is 1.45 bits per heavy atom. The zero-order valence-electron chi connectivity index (χ0n) is 12.2. The lowest BCUT2D eigenvalue weighted by molar-refractivity contribution is 0.263. The van der Waals surface area contributed by atoms with Crippen LogP contribution in [0, 0.1) is 19.8 Å². The lowest BCUT2D eigenvalue weighted by Gasteiger charge is -2.31. The molecule has 0 aliphatic carbocycles. The van der Waals surface area contributed by atoms with E-state index in [4.69, 9.17) is 4.42 Å². The van der Waals surface area contributed by atoms with Gasteiger partial charge in [-0.3, -0.25) is 0 Å². The van der Waals surface area contributed by atoms with Crippen molar-refractivity contribution >= 4 is 22.4 Å². The molecule has 7 heteroatoms. The Labute approximate surface area is 127 Å². The molecule has 1 aliphatic heterocycles. The minimum Gasteiger partial charge on any atom is -0.465 e. The Bertz CT molecular complexity index is 540. The molecule has 1 unspecified atom stereocenters. The molecule has 0 amide bonds. The molecule has 1 saturated heterocycles. The topological polar surface area (TPSA) is 62.6 Å². The summed E-state index contributed by atoms with van der Waals surface area (Å²) < 4.78 is 32.2. The van der Waals surface area contributed by atoms with Gasteiger partial charge in [0.15, 0.2) is 0 Å². The van der Waals surface area contributed by atoms with E-state index in [9.17, 15) is 8.42 Å². The minimum absolute atomic E-state index is 0. The Morgan fingerprint density at radius 3 is 2.70 bits per heavy atom. The van der Waals surface area contributed by atoms with E-state index in [0.29, 0.717) is 35.4 Å². The van der Waals surface area contributed by atoms with Crippen molar-refractivity contribution in [2.75, 3.05) is 26.7 Å². The summed E-state index contributed by atoms with van der Waals surface area (Å²) in [4.78, 5) is 0.315. The smallest absolute Gasteiger partial charge is 0.246 e. The van der Waals surface area contributed by atoms with Crippen LogP contribution in [0.1, 0.15) is 24.4 Å². The van der Waals surface area contributed by atoms with Gasteiger partial charge < -0.3 is 9.73 Å². The number of nitrogens with zero attached hydrogens (tertiary/aromatic N) is 1. The van der Waals surface area contributed by atoms with Gasteiger partial charge in [-0.05, 0) is 52.3 Å². The van der Waals surface area contributed by atoms with Gasteiger partial charge in [-0.2, -0.15) is 4.31 Å². The van der Waals surface area contributed by atoms with E-state index in [1.165, 1.54) is 0 Å². The molecule has 2 heterocycles. The number of halogens is 1. The molecule has 1 fully saturated rings. The van der Waals surface area contributed by atoms with Gasteiger partial charge in [0.05, 0.1) is 0 Å². The standard InChI is InChI=1S/C13H22N2O3S.ClH/c1-10-7-13(11(2)18-10)19(16,17)15-6-4-5-12(9-15)8-14-3;/h7,12,14H,4-6,8-9H2,1-3H3;1H. The fourth-order valence-corrected chi connectivity index (χ4v) is 4.48. The fourth-order valence-electron chi connectivity index (χ4n) is 2.70. The summed E-state index contributed by atoms with van der Waals surface area (Å²) in [6, 6.07) is 1.62. The lowest BCUT2D eigenvalue weighted by Crippen LogP contribution is -2.42. The van der Waals surface area contributed by atoms with Gasteiger partial charge in [0.25, 0.3) is 0 Å². The lowest BCUT2D eigenvalue weighted by atomic mass is 10.00. The first-order chi connectivity index (χ1) is 8.95. The molecule has 116 valence electrons. The Balaban J connectivity index is 0.00000200. The van der Waals surface area contributed by atoms with E-state index in [2.05, 4.69) is 5.32 Å². The first kappa shape index (κ1) is 17.5. The van der Waals surface area contributed by atoms with Crippen LogP contribution in [-0.4, -0.2) is 39.4 Å². The number of furan rings is 1. The average Bonchev–Trinajstić information content (AvgIpc) is 2.70. The van der Waals surface area contributed by atoms with E-state index < -0.39 is 10.0 Å². The third kappa shape index (κ3) is 3.55. The summed E-state index contributed by atoms with van der Waals surface area (Å²) in [6.07, 6.45) is 2.00. The maximum atomic E-state index is 12.6. The minimum atomic E-state index is -3.41. The van der Waals surface area contributed by atoms with Crippen molar-refractivity contribution in [3.8, 4) is 0 Å². The normalized spacial score (nSPS) is 20.6. The highest BCUT2D eigenvalue weighted by molar-refractivity contribution is 7.89. The molecular weight excluding hydrogens is 300 g/mol. The Morgan fingerprint density at radius 2 is 2.15 bits per heavy atom. The predicted molar refractivity (Wildman–Crippen MR) is 80.8 cm³/mol. The average molecular weight is 323 g/mol. The molecule has 1 aromatic rings. The van der Waals surface area contributed by atoms with Gasteiger partial charge >= 0.3 is 0 Å². The molecule has 1 atom stereocenters. The number of sulfonamides is 1. The van der Waals surface area contributed by atoms with Crippen molar-refractivity contribution in [1.29, 1.82) is 0 Å². The van der Waals surface area contributed by atoms with Crippen LogP contribution in [0.5, 0.6) is 0 Å². The van der Waals surface area contributed by atoms with Crippen LogP contribution in [0.4, 0.5) is 0 Å². The monoisotopic (exact) mass is 322 g/mol. The number of hydrogen-bond donors (Lipinski definition) is 1. The summed E-state index contributed by atoms with van der Waals surface area (Å²) in [5.41, 5.74) is 0. The van der Waals surface area contributed by atoms with Crippen LogP contribution in [0.3, 0.4) is 0 Å². The molecule has 0 bridgehead atoms. The highest BCUT2D eigenvalue weighted by Gasteiger charge is 2.32. The van der Waals surface area contributed by atoms with Crippen molar-refractivity contribution in [3.05, 3.63) is 17.6 Å². The van der Waals surface area contributed by atoms with E-state index >= 15 is 0 Å². The van der Waals surface area contributed by atoms with Gasteiger partial charge in [-0.1, -0.05) is 0 Å². The van der Waals surface area contributed by atoms with Crippen molar-refractivity contribution < 1.29 is 12.8 Å². The van der Waals surface area contributed by atoms with Gasteiger partial charge in [0.1, 0.15) is 16.4 Å². The quantitative estimate of drug-likeness (QED) is 0.920. The van der Waals surface area contributed by atoms with Gasteiger partial charge in [-0.15, -0.1) is 12.4 Å². The van der Waals surface area contributed by atoms with Crippen LogP contribution < -0.4 is 5.32 Å². The zero-order chi connectivity index (χ0) is 14.0. The van der Waals surface area contributed by atoms with Crippen molar-refractivity contribution in [2.24, 2.45) is 5.92 Å². The van der Waals surface area contributed by atoms with Crippen molar-refractivity contribution in [2.45, 2.75) is 31.6 Å². The number of aryl methyl sites for hydroxylation is 2. The number of rotatable bonds is 4. The molecular formula is C13H23ClN2O3S. The van der Waals surface area contributed by atoms with Crippen LogP contribution in [-0.2, 0) is 10.0 Å². The third-order valence-corrected chi connectivity index (χ3v) is 5.56. The summed E-state index contributed by atoms with van der Waals surface area (Å²) in [7, 11) is -1.51. The summed E-state index contributed by atoms with van der Waals surface area (Å²) >= 11 is 0. The van der Waals surface area contributed by atoms with E-state index in [0.717, 1.165) is 19.4 Å². The molecule has 0 spiro atoms. The van der Waals surface area contributed by atoms with Crippen LogP contribution in [0.2, 0.25) is 0 Å².